The lowest BCUT2D eigenvalue weighted by atomic mass is 10.2. The van der Waals surface area contributed by atoms with Crippen LogP contribution in [0.2, 0.25) is 0 Å². The van der Waals surface area contributed by atoms with Crippen LogP contribution in [0.3, 0.4) is 0 Å². The van der Waals surface area contributed by atoms with Crippen LogP contribution in [0, 0.1) is 5.41 Å². The summed E-state index contributed by atoms with van der Waals surface area (Å²) in [7, 11) is 0. The van der Waals surface area contributed by atoms with Crippen LogP contribution in [0.15, 0.2) is 54.7 Å². The molecular formula is C17H21N5OS. The number of rotatable bonds is 7. The third kappa shape index (κ3) is 5.94. The minimum absolute atomic E-state index is 0.122. The second kappa shape index (κ2) is 9.59. The van der Waals surface area contributed by atoms with Crippen LogP contribution in [0.1, 0.15) is 11.3 Å². The van der Waals surface area contributed by atoms with Crippen molar-refractivity contribution in [2.75, 3.05) is 13.2 Å². The molecule has 1 heterocycles. The van der Waals surface area contributed by atoms with Gasteiger partial charge in [0.25, 0.3) is 0 Å². The summed E-state index contributed by atoms with van der Waals surface area (Å²) in [6.45, 7) is 1.95. The Balaban J connectivity index is 1.73. The van der Waals surface area contributed by atoms with Crippen LogP contribution < -0.4 is 11.1 Å². The maximum atomic E-state index is 7.68. The fourth-order valence-corrected chi connectivity index (χ4v) is 2.27. The van der Waals surface area contributed by atoms with Crippen molar-refractivity contribution in [1.29, 1.82) is 5.41 Å². The van der Waals surface area contributed by atoms with Gasteiger partial charge in [-0.2, -0.15) is 0 Å². The Morgan fingerprint density at radius 2 is 1.96 bits per heavy atom. The average Bonchev–Trinajstić information content (AvgIpc) is 2.60. The Morgan fingerprint density at radius 1 is 1.21 bits per heavy atom. The Morgan fingerprint density at radius 3 is 2.62 bits per heavy atom. The quantitative estimate of drug-likeness (QED) is 0.308. The highest BCUT2D eigenvalue weighted by Crippen LogP contribution is 2.02. The van der Waals surface area contributed by atoms with Crippen LogP contribution >= 0.6 is 12.2 Å². The predicted octanol–water partition coefficient (Wildman–Crippen LogP) is 1.87. The van der Waals surface area contributed by atoms with Gasteiger partial charge in [-0.25, -0.2) is 0 Å². The lowest BCUT2D eigenvalue weighted by Crippen LogP contribution is -2.47. The molecule has 0 fully saturated rings. The van der Waals surface area contributed by atoms with Gasteiger partial charge >= 0.3 is 0 Å². The van der Waals surface area contributed by atoms with Gasteiger partial charge < -0.3 is 15.8 Å². The lowest BCUT2D eigenvalue weighted by Gasteiger charge is -2.23. The van der Waals surface area contributed by atoms with Crippen LogP contribution in [0.25, 0.3) is 0 Å². The largest absolute Gasteiger partial charge is 0.375 e. The SMILES string of the molecule is N=C(N)N(Cc1ccccn1)C(=S)NCCOCc1ccccc1. The van der Waals surface area contributed by atoms with Crippen molar-refractivity contribution in [3.63, 3.8) is 0 Å². The molecule has 24 heavy (non-hydrogen) atoms. The van der Waals surface area contributed by atoms with Gasteiger partial charge in [-0.3, -0.25) is 15.3 Å². The molecule has 2 aromatic rings. The van der Waals surface area contributed by atoms with Gasteiger partial charge in [0.15, 0.2) is 11.1 Å². The van der Waals surface area contributed by atoms with Gasteiger partial charge in [0.2, 0.25) is 0 Å². The zero-order chi connectivity index (χ0) is 17.2. The summed E-state index contributed by atoms with van der Waals surface area (Å²) in [4.78, 5) is 5.72. The van der Waals surface area contributed by atoms with Crippen molar-refractivity contribution in [3.8, 4) is 0 Å². The number of pyridine rings is 1. The molecule has 0 atom stereocenters. The molecular weight excluding hydrogens is 322 g/mol. The maximum Gasteiger partial charge on any atom is 0.195 e. The van der Waals surface area contributed by atoms with Gasteiger partial charge in [0.1, 0.15) is 0 Å². The van der Waals surface area contributed by atoms with Gasteiger partial charge in [-0.05, 0) is 29.9 Å². The molecule has 0 saturated carbocycles. The van der Waals surface area contributed by atoms with Crippen LogP contribution in [-0.2, 0) is 17.9 Å². The standard InChI is InChI=1S/C17H21N5OS/c18-16(19)22(12-15-8-4-5-9-20-15)17(24)21-10-11-23-13-14-6-2-1-3-7-14/h1-9H,10-13H2,(H3,18,19)(H,21,24). The Hall–Kier alpha value is -2.51. The topological polar surface area (TPSA) is 87.3 Å². The first-order valence-electron chi connectivity index (χ1n) is 7.58. The number of thiocarbonyl (C=S) groups is 1. The zero-order valence-corrected chi connectivity index (χ0v) is 14.1. The summed E-state index contributed by atoms with van der Waals surface area (Å²) >= 11 is 5.30. The average molecular weight is 343 g/mol. The molecule has 1 aromatic carbocycles. The highest BCUT2D eigenvalue weighted by molar-refractivity contribution is 7.80. The van der Waals surface area contributed by atoms with Crippen molar-refractivity contribution in [3.05, 3.63) is 66.0 Å². The molecule has 7 heteroatoms. The van der Waals surface area contributed by atoms with Gasteiger partial charge in [0.05, 0.1) is 25.5 Å². The predicted molar refractivity (Wildman–Crippen MR) is 98.4 cm³/mol. The monoisotopic (exact) mass is 343 g/mol. The number of nitrogens with one attached hydrogen (secondary N) is 2. The first kappa shape index (κ1) is 17.8. The molecule has 1 aromatic heterocycles. The van der Waals surface area contributed by atoms with Crippen molar-refractivity contribution < 1.29 is 4.74 Å². The van der Waals surface area contributed by atoms with Crippen molar-refractivity contribution in [1.82, 2.24) is 15.2 Å². The minimum atomic E-state index is -0.122. The van der Waals surface area contributed by atoms with E-state index < -0.39 is 0 Å². The Kier molecular flexibility index (Phi) is 7.13. The molecule has 0 aliphatic rings. The highest BCUT2D eigenvalue weighted by Gasteiger charge is 2.13. The summed E-state index contributed by atoms with van der Waals surface area (Å²) in [6, 6.07) is 15.5. The summed E-state index contributed by atoms with van der Waals surface area (Å²) < 4.78 is 5.59. The van der Waals surface area contributed by atoms with Crippen molar-refractivity contribution in [2.24, 2.45) is 5.73 Å². The molecule has 0 radical (unpaired) electrons. The van der Waals surface area contributed by atoms with Crippen LogP contribution in [0.5, 0.6) is 0 Å². The fourth-order valence-electron chi connectivity index (χ4n) is 2.01. The number of nitrogens with zero attached hydrogens (tertiary/aromatic N) is 2. The molecule has 0 saturated heterocycles. The number of benzene rings is 1. The van der Waals surface area contributed by atoms with Crippen molar-refractivity contribution >= 4 is 23.3 Å². The normalized spacial score (nSPS) is 10.2. The van der Waals surface area contributed by atoms with E-state index >= 15 is 0 Å². The molecule has 0 aliphatic heterocycles. The highest BCUT2D eigenvalue weighted by atomic mass is 32.1. The second-order valence-electron chi connectivity index (χ2n) is 5.06. The number of ether oxygens (including phenoxy) is 1. The second-order valence-corrected chi connectivity index (χ2v) is 5.45. The number of aromatic nitrogens is 1. The first-order chi connectivity index (χ1) is 11.7. The summed E-state index contributed by atoms with van der Waals surface area (Å²) in [5, 5.41) is 11.1. The van der Waals surface area contributed by atoms with Gasteiger partial charge in [-0.15, -0.1) is 0 Å². The third-order valence-corrected chi connectivity index (χ3v) is 3.58. The molecule has 0 amide bonds. The van der Waals surface area contributed by atoms with E-state index in [1.807, 2.05) is 48.5 Å². The number of nitrogens with two attached hydrogens (primary N) is 1. The summed E-state index contributed by atoms with van der Waals surface area (Å²) in [5.41, 5.74) is 7.53. The van der Waals surface area contributed by atoms with E-state index in [0.717, 1.165) is 11.3 Å². The van der Waals surface area contributed by atoms with E-state index in [0.29, 0.717) is 31.4 Å². The van der Waals surface area contributed by atoms with E-state index in [-0.39, 0.29) is 5.96 Å². The molecule has 4 N–H and O–H groups in total. The van der Waals surface area contributed by atoms with E-state index in [4.69, 9.17) is 28.1 Å². The Labute approximate surface area is 147 Å². The number of hydrogen-bond acceptors (Lipinski definition) is 4. The maximum absolute atomic E-state index is 7.68. The van der Waals surface area contributed by atoms with E-state index in [1.54, 1.807) is 6.20 Å². The molecule has 0 aliphatic carbocycles. The number of guanidine groups is 1. The van der Waals surface area contributed by atoms with E-state index in [9.17, 15) is 0 Å². The summed E-state index contributed by atoms with van der Waals surface area (Å²) in [5.74, 6) is -0.122. The smallest absolute Gasteiger partial charge is 0.195 e. The van der Waals surface area contributed by atoms with Gasteiger partial charge in [0, 0.05) is 12.7 Å². The summed E-state index contributed by atoms with van der Waals surface area (Å²) in [6.07, 6.45) is 1.70. The molecule has 2 rings (SSSR count). The van der Waals surface area contributed by atoms with E-state index in [2.05, 4.69) is 10.3 Å². The first-order valence-corrected chi connectivity index (χ1v) is 7.98. The molecule has 126 valence electrons. The molecule has 0 unspecified atom stereocenters. The molecule has 0 bridgehead atoms. The van der Waals surface area contributed by atoms with Crippen molar-refractivity contribution in [2.45, 2.75) is 13.2 Å². The molecule has 0 spiro atoms. The third-order valence-electron chi connectivity index (χ3n) is 3.22. The Bertz CT molecular complexity index is 651. The fraction of sp³-hybridized carbons (Fsp3) is 0.235. The lowest BCUT2D eigenvalue weighted by molar-refractivity contribution is 0.125. The van der Waals surface area contributed by atoms with Crippen LogP contribution in [0.4, 0.5) is 0 Å². The minimum Gasteiger partial charge on any atom is -0.375 e. The van der Waals surface area contributed by atoms with Gasteiger partial charge in [-0.1, -0.05) is 36.4 Å². The van der Waals surface area contributed by atoms with E-state index in [1.165, 1.54) is 4.90 Å². The zero-order valence-electron chi connectivity index (χ0n) is 13.3. The molecule has 6 nitrogen and oxygen atoms in total. The van der Waals surface area contributed by atoms with Crippen LogP contribution in [-0.4, -0.2) is 34.1 Å². The number of hydrogen-bond donors (Lipinski definition) is 3.